The number of amides is 1. The van der Waals surface area contributed by atoms with Crippen molar-refractivity contribution < 1.29 is 22.7 Å². The number of nitrogens with zero attached hydrogens (tertiary/aromatic N) is 6. The van der Waals surface area contributed by atoms with Gasteiger partial charge in [0, 0.05) is 44.3 Å². The van der Waals surface area contributed by atoms with Gasteiger partial charge in [0.1, 0.15) is 17.5 Å². The standard InChI is InChI=1S/C25H28F3N7O3/c26-25(27,28)22-19(12-31-32-23(22)37)35-7-1-2-18(35)13-38-9-5-21(36)34-15-24(16-34)6-8-33(14-24)20-4-3-17(10-29)11-30-20/h3-4,11-12,18H,1-2,5-9,13-16H2,(H,32,37)/t18-/m0/s1. The molecule has 3 aliphatic heterocycles. The second-order valence-corrected chi connectivity index (χ2v) is 10.2. The first-order valence-corrected chi connectivity index (χ1v) is 12.6. The lowest BCUT2D eigenvalue weighted by Gasteiger charge is -2.48. The lowest BCUT2D eigenvalue weighted by molar-refractivity contribution is -0.143. The molecule has 3 saturated heterocycles. The predicted octanol–water partition coefficient (Wildman–Crippen LogP) is 2.17. The van der Waals surface area contributed by atoms with E-state index in [1.165, 1.54) is 4.90 Å². The van der Waals surface area contributed by atoms with Crippen molar-refractivity contribution >= 4 is 17.4 Å². The van der Waals surface area contributed by atoms with Crippen LogP contribution in [0.5, 0.6) is 0 Å². The maximum Gasteiger partial charge on any atom is 0.423 e. The van der Waals surface area contributed by atoms with Crippen molar-refractivity contribution in [2.75, 3.05) is 55.7 Å². The number of aromatic amines is 1. The number of carbonyl (C=O) groups is 1. The maximum atomic E-state index is 13.5. The number of nitrogens with one attached hydrogen (secondary N) is 1. The highest BCUT2D eigenvalue weighted by Gasteiger charge is 2.49. The number of halogens is 3. The molecule has 1 N–H and O–H groups in total. The average molecular weight is 532 g/mol. The Morgan fingerprint density at radius 3 is 2.76 bits per heavy atom. The third kappa shape index (κ3) is 5.18. The lowest BCUT2D eigenvalue weighted by Crippen LogP contribution is -2.59. The van der Waals surface area contributed by atoms with E-state index in [0.29, 0.717) is 38.0 Å². The van der Waals surface area contributed by atoms with Crippen molar-refractivity contribution in [3.8, 4) is 6.07 Å². The highest BCUT2D eigenvalue weighted by atomic mass is 19.4. The zero-order valence-electron chi connectivity index (χ0n) is 20.7. The van der Waals surface area contributed by atoms with Crippen molar-refractivity contribution in [3.63, 3.8) is 0 Å². The first kappa shape index (κ1) is 26.0. The van der Waals surface area contributed by atoms with Gasteiger partial charge in [0.2, 0.25) is 5.91 Å². The Hall–Kier alpha value is -3.66. The van der Waals surface area contributed by atoms with Gasteiger partial charge in [-0.05, 0) is 31.4 Å². The second kappa shape index (κ2) is 10.2. The summed E-state index contributed by atoms with van der Waals surface area (Å²) in [6.45, 7) is 3.70. The molecular weight excluding hydrogens is 503 g/mol. The third-order valence-electron chi connectivity index (χ3n) is 7.62. The molecule has 3 fully saturated rings. The van der Waals surface area contributed by atoms with Gasteiger partial charge in [-0.2, -0.15) is 23.5 Å². The molecule has 0 aromatic carbocycles. The molecule has 2 aromatic heterocycles. The second-order valence-electron chi connectivity index (χ2n) is 10.2. The van der Waals surface area contributed by atoms with Crippen LogP contribution in [0.3, 0.4) is 0 Å². The first-order valence-electron chi connectivity index (χ1n) is 12.6. The van der Waals surface area contributed by atoms with Crippen molar-refractivity contribution in [3.05, 3.63) is 46.0 Å². The number of anilines is 2. The fourth-order valence-electron chi connectivity index (χ4n) is 5.71. The summed E-state index contributed by atoms with van der Waals surface area (Å²) in [7, 11) is 0. The van der Waals surface area contributed by atoms with Crippen LogP contribution in [0, 0.1) is 16.7 Å². The Bertz CT molecular complexity index is 1270. The predicted molar refractivity (Wildman–Crippen MR) is 130 cm³/mol. The molecule has 0 unspecified atom stereocenters. The average Bonchev–Trinajstić information content (AvgIpc) is 3.52. The van der Waals surface area contributed by atoms with Crippen LogP contribution >= 0.6 is 0 Å². The Labute approximate surface area is 217 Å². The van der Waals surface area contributed by atoms with Gasteiger partial charge in [-0.3, -0.25) is 9.59 Å². The minimum absolute atomic E-state index is 0.00741. The molecule has 2 aromatic rings. The van der Waals surface area contributed by atoms with E-state index in [0.717, 1.165) is 31.5 Å². The Morgan fingerprint density at radius 2 is 2.05 bits per heavy atom. The van der Waals surface area contributed by atoms with Gasteiger partial charge >= 0.3 is 6.18 Å². The quantitative estimate of drug-likeness (QED) is 0.540. The van der Waals surface area contributed by atoms with E-state index >= 15 is 0 Å². The van der Waals surface area contributed by atoms with Gasteiger partial charge in [0.25, 0.3) is 5.56 Å². The number of nitriles is 1. The number of H-pyrrole nitrogens is 1. The van der Waals surface area contributed by atoms with Crippen LogP contribution in [0.2, 0.25) is 0 Å². The van der Waals surface area contributed by atoms with E-state index in [1.807, 2.05) is 16.1 Å². The van der Waals surface area contributed by atoms with Gasteiger partial charge < -0.3 is 19.4 Å². The van der Waals surface area contributed by atoms with E-state index in [4.69, 9.17) is 10.00 Å². The minimum atomic E-state index is -4.80. The number of hydrogen-bond acceptors (Lipinski definition) is 8. The molecule has 38 heavy (non-hydrogen) atoms. The molecule has 0 radical (unpaired) electrons. The van der Waals surface area contributed by atoms with Crippen molar-refractivity contribution in [2.24, 2.45) is 5.41 Å². The first-order chi connectivity index (χ1) is 18.2. The number of pyridine rings is 1. The Kier molecular flexibility index (Phi) is 7.00. The van der Waals surface area contributed by atoms with Gasteiger partial charge in [-0.25, -0.2) is 10.1 Å². The Morgan fingerprint density at radius 1 is 1.24 bits per heavy atom. The molecular formula is C25H28F3N7O3. The van der Waals surface area contributed by atoms with Gasteiger partial charge in [-0.15, -0.1) is 0 Å². The molecule has 0 saturated carbocycles. The molecule has 5 rings (SSSR count). The SMILES string of the molecule is N#Cc1ccc(N2CCC3(CN(C(=O)CCOC[C@@H]4CCCN4c4cn[nH]c(=O)c4C(F)(F)F)C3)C2)nc1. The topological polar surface area (TPSA) is 118 Å². The number of aromatic nitrogens is 3. The number of alkyl halides is 3. The van der Waals surface area contributed by atoms with E-state index in [1.54, 1.807) is 12.3 Å². The van der Waals surface area contributed by atoms with Crippen LogP contribution in [0.4, 0.5) is 24.7 Å². The number of carbonyl (C=O) groups excluding carboxylic acids is 1. The lowest BCUT2D eigenvalue weighted by atomic mass is 9.79. The summed E-state index contributed by atoms with van der Waals surface area (Å²) in [5.41, 5.74) is -2.19. The summed E-state index contributed by atoms with van der Waals surface area (Å²) in [6.07, 6.45) is 0.253. The minimum Gasteiger partial charge on any atom is -0.379 e. The summed E-state index contributed by atoms with van der Waals surface area (Å²) in [5, 5.41) is 14.4. The zero-order valence-corrected chi connectivity index (χ0v) is 20.7. The molecule has 1 spiro atoms. The molecule has 3 aliphatic rings. The molecule has 1 amide bonds. The van der Waals surface area contributed by atoms with Crippen LogP contribution in [-0.4, -0.2) is 78.0 Å². The summed E-state index contributed by atoms with van der Waals surface area (Å²) >= 11 is 0. The fourth-order valence-corrected chi connectivity index (χ4v) is 5.71. The highest BCUT2D eigenvalue weighted by Crippen LogP contribution is 2.41. The number of ether oxygens (including phenoxy) is 1. The molecule has 5 heterocycles. The van der Waals surface area contributed by atoms with E-state index < -0.39 is 17.3 Å². The summed E-state index contributed by atoms with van der Waals surface area (Å²) < 4.78 is 46.2. The molecule has 202 valence electrons. The van der Waals surface area contributed by atoms with E-state index in [9.17, 15) is 22.8 Å². The van der Waals surface area contributed by atoms with Crippen molar-refractivity contribution in [1.29, 1.82) is 5.26 Å². The highest BCUT2D eigenvalue weighted by molar-refractivity contribution is 5.77. The van der Waals surface area contributed by atoms with Crippen molar-refractivity contribution in [2.45, 2.75) is 37.9 Å². The fraction of sp³-hybridized carbons (Fsp3) is 0.560. The largest absolute Gasteiger partial charge is 0.423 e. The summed E-state index contributed by atoms with van der Waals surface area (Å²) in [4.78, 5) is 34.4. The third-order valence-corrected chi connectivity index (χ3v) is 7.62. The zero-order chi connectivity index (χ0) is 26.9. The van der Waals surface area contributed by atoms with Gasteiger partial charge in [0.15, 0.2) is 0 Å². The number of hydrogen-bond donors (Lipinski definition) is 1. The van der Waals surface area contributed by atoms with Crippen LogP contribution in [0.15, 0.2) is 29.3 Å². The Balaban J connectivity index is 1.07. The monoisotopic (exact) mass is 531 g/mol. The molecule has 13 heteroatoms. The summed E-state index contributed by atoms with van der Waals surface area (Å²) in [5.74, 6) is 0.824. The molecule has 0 aliphatic carbocycles. The van der Waals surface area contributed by atoms with Gasteiger partial charge in [0.05, 0.1) is 43.1 Å². The maximum absolute atomic E-state index is 13.5. The summed E-state index contributed by atoms with van der Waals surface area (Å²) in [6, 6.07) is 5.33. The number of likely N-dealkylation sites (tertiary alicyclic amines) is 1. The van der Waals surface area contributed by atoms with Crippen LogP contribution < -0.4 is 15.4 Å². The number of rotatable bonds is 7. The van der Waals surface area contributed by atoms with E-state index in [2.05, 4.69) is 21.1 Å². The van der Waals surface area contributed by atoms with Gasteiger partial charge in [-0.1, -0.05) is 0 Å². The van der Waals surface area contributed by atoms with E-state index in [-0.39, 0.29) is 42.7 Å². The molecule has 0 bridgehead atoms. The van der Waals surface area contributed by atoms with Crippen LogP contribution in [0.1, 0.15) is 36.8 Å². The molecule has 10 nitrogen and oxygen atoms in total. The smallest absolute Gasteiger partial charge is 0.379 e. The van der Waals surface area contributed by atoms with Crippen LogP contribution in [0.25, 0.3) is 0 Å². The van der Waals surface area contributed by atoms with Crippen molar-refractivity contribution in [1.82, 2.24) is 20.1 Å². The van der Waals surface area contributed by atoms with Crippen LogP contribution in [-0.2, 0) is 15.7 Å². The molecule has 1 atom stereocenters. The normalized spacial score (nSPS) is 20.6.